The van der Waals surface area contributed by atoms with Crippen molar-refractivity contribution < 1.29 is 9.84 Å². The maximum Gasteiger partial charge on any atom is 0.0624 e. The van der Waals surface area contributed by atoms with Crippen LogP contribution in [0.15, 0.2) is 0 Å². The fourth-order valence-corrected chi connectivity index (χ4v) is 2.85. The summed E-state index contributed by atoms with van der Waals surface area (Å²) in [5.41, 5.74) is 0. The van der Waals surface area contributed by atoms with Gasteiger partial charge in [-0.3, -0.25) is 0 Å². The average molecular weight is 239 g/mol. The lowest BCUT2D eigenvalue weighted by Gasteiger charge is -2.33. The van der Waals surface area contributed by atoms with Crippen molar-refractivity contribution in [3.8, 4) is 0 Å². The molecule has 3 rings (SSSR count). The zero-order valence-corrected chi connectivity index (χ0v) is 10.7. The van der Waals surface area contributed by atoms with Crippen LogP contribution in [0.1, 0.15) is 32.1 Å². The Labute approximate surface area is 104 Å². The third-order valence-corrected chi connectivity index (χ3v) is 4.35. The van der Waals surface area contributed by atoms with Crippen LogP contribution in [0.3, 0.4) is 0 Å². The molecule has 2 atom stereocenters. The molecular formula is C14H25NO2. The van der Waals surface area contributed by atoms with Gasteiger partial charge in [-0.05, 0) is 43.9 Å². The second kappa shape index (κ2) is 5.25. The van der Waals surface area contributed by atoms with Gasteiger partial charge < -0.3 is 14.7 Å². The first-order chi connectivity index (χ1) is 8.31. The van der Waals surface area contributed by atoms with Crippen molar-refractivity contribution in [1.82, 2.24) is 4.90 Å². The second-order valence-electron chi connectivity index (χ2n) is 6.30. The van der Waals surface area contributed by atoms with E-state index in [-0.39, 0.29) is 6.10 Å². The van der Waals surface area contributed by atoms with Crippen molar-refractivity contribution in [1.29, 1.82) is 0 Å². The van der Waals surface area contributed by atoms with Crippen molar-refractivity contribution in [3.63, 3.8) is 0 Å². The molecular weight excluding hydrogens is 214 g/mol. The van der Waals surface area contributed by atoms with E-state index in [4.69, 9.17) is 4.74 Å². The summed E-state index contributed by atoms with van der Waals surface area (Å²) in [6, 6.07) is 0. The average Bonchev–Trinajstić information content (AvgIpc) is 3.17. The Kier molecular flexibility index (Phi) is 3.69. The summed E-state index contributed by atoms with van der Waals surface area (Å²) in [5.74, 6) is 2.26. The maximum atomic E-state index is 10.0. The quantitative estimate of drug-likeness (QED) is 0.762. The normalized spacial score (nSPS) is 34.2. The molecule has 0 aromatic rings. The Bertz CT molecular complexity index is 237. The van der Waals surface area contributed by atoms with E-state index in [0.717, 1.165) is 38.0 Å². The Morgan fingerprint density at radius 3 is 2.12 bits per heavy atom. The van der Waals surface area contributed by atoms with E-state index in [1.165, 1.54) is 38.8 Å². The van der Waals surface area contributed by atoms with Crippen molar-refractivity contribution in [2.24, 2.45) is 17.8 Å². The van der Waals surface area contributed by atoms with Crippen LogP contribution in [0.2, 0.25) is 0 Å². The molecule has 17 heavy (non-hydrogen) atoms. The van der Waals surface area contributed by atoms with Crippen LogP contribution < -0.4 is 0 Å². The van der Waals surface area contributed by atoms with Gasteiger partial charge in [0.25, 0.3) is 0 Å². The van der Waals surface area contributed by atoms with E-state index in [2.05, 4.69) is 4.90 Å². The zero-order chi connectivity index (χ0) is 11.7. The molecule has 2 unspecified atom stereocenters. The van der Waals surface area contributed by atoms with E-state index in [9.17, 15) is 5.11 Å². The standard InChI is InChI=1S/C14H25NO2/c16-14-5-6-17-10-13(14)9-15(7-11-1-2-11)8-12-3-4-12/h11-14,16H,1-10H2. The Morgan fingerprint density at radius 1 is 0.941 bits per heavy atom. The summed E-state index contributed by atoms with van der Waals surface area (Å²) >= 11 is 0. The minimum Gasteiger partial charge on any atom is -0.393 e. The zero-order valence-electron chi connectivity index (χ0n) is 10.7. The van der Waals surface area contributed by atoms with Crippen LogP contribution in [0.25, 0.3) is 0 Å². The van der Waals surface area contributed by atoms with Crippen molar-refractivity contribution in [2.45, 2.75) is 38.2 Å². The summed E-state index contributed by atoms with van der Waals surface area (Å²) in [7, 11) is 0. The van der Waals surface area contributed by atoms with Crippen molar-refractivity contribution >= 4 is 0 Å². The fourth-order valence-electron chi connectivity index (χ4n) is 2.85. The third kappa shape index (κ3) is 3.67. The van der Waals surface area contributed by atoms with Gasteiger partial charge in [-0.2, -0.15) is 0 Å². The van der Waals surface area contributed by atoms with Gasteiger partial charge in [-0.25, -0.2) is 0 Å². The largest absolute Gasteiger partial charge is 0.393 e. The monoisotopic (exact) mass is 239 g/mol. The van der Waals surface area contributed by atoms with E-state index in [0.29, 0.717) is 5.92 Å². The highest BCUT2D eigenvalue weighted by Gasteiger charge is 2.32. The molecule has 0 aromatic carbocycles. The van der Waals surface area contributed by atoms with Gasteiger partial charge in [0.2, 0.25) is 0 Å². The summed E-state index contributed by atoms with van der Waals surface area (Å²) < 4.78 is 5.51. The molecule has 1 N–H and O–H groups in total. The summed E-state index contributed by atoms with van der Waals surface area (Å²) in [4.78, 5) is 2.61. The molecule has 98 valence electrons. The van der Waals surface area contributed by atoms with E-state index >= 15 is 0 Å². The lowest BCUT2D eigenvalue weighted by Crippen LogP contribution is -2.42. The lowest BCUT2D eigenvalue weighted by molar-refractivity contribution is -0.0473. The second-order valence-corrected chi connectivity index (χ2v) is 6.30. The molecule has 0 spiro atoms. The molecule has 1 heterocycles. The molecule has 0 aromatic heterocycles. The van der Waals surface area contributed by atoms with Gasteiger partial charge in [0.05, 0.1) is 12.7 Å². The first-order valence-corrected chi connectivity index (χ1v) is 7.29. The van der Waals surface area contributed by atoms with Crippen LogP contribution in [0.5, 0.6) is 0 Å². The van der Waals surface area contributed by atoms with Gasteiger partial charge in [0, 0.05) is 32.2 Å². The molecule has 3 nitrogen and oxygen atoms in total. The van der Waals surface area contributed by atoms with Gasteiger partial charge in [-0.15, -0.1) is 0 Å². The van der Waals surface area contributed by atoms with E-state index in [1.807, 2.05) is 0 Å². The van der Waals surface area contributed by atoms with Crippen LogP contribution in [-0.2, 0) is 4.74 Å². The van der Waals surface area contributed by atoms with E-state index in [1.54, 1.807) is 0 Å². The summed E-state index contributed by atoms with van der Waals surface area (Å²) in [6.07, 6.45) is 6.38. The first-order valence-electron chi connectivity index (χ1n) is 7.29. The highest BCUT2D eigenvalue weighted by molar-refractivity contribution is 4.85. The minimum absolute atomic E-state index is 0.135. The predicted octanol–water partition coefficient (Wildman–Crippen LogP) is 1.51. The molecule has 0 radical (unpaired) electrons. The molecule has 0 bridgehead atoms. The third-order valence-electron chi connectivity index (χ3n) is 4.35. The van der Waals surface area contributed by atoms with Gasteiger partial charge in [0.1, 0.15) is 0 Å². The van der Waals surface area contributed by atoms with Crippen molar-refractivity contribution in [2.75, 3.05) is 32.8 Å². The van der Waals surface area contributed by atoms with Gasteiger partial charge >= 0.3 is 0 Å². The minimum atomic E-state index is -0.135. The molecule has 3 fully saturated rings. The number of rotatable bonds is 6. The highest BCUT2D eigenvalue weighted by Crippen LogP contribution is 2.34. The predicted molar refractivity (Wildman–Crippen MR) is 66.8 cm³/mol. The molecule has 2 aliphatic carbocycles. The Morgan fingerprint density at radius 2 is 1.59 bits per heavy atom. The van der Waals surface area contributed by atoms with Gasteiger partial charge in [-0.1, -0.05) is 0 Å². The SMILES string of the molecule is OC1CCOCC1CN(CC1CC1)CC1CC1. The number of hydrogen-bond donors (Lipinski definition) is 1. The highest BCUT2D eigenvalue weighted by atomic mass is 16.5. The lowest BCUT2D eigenvalue weighted by atomic mass is 9.98. The first kappa shape index (κ1) is 11.9. The summed E-state index contributed by atoms with van der Waals surface area (Å²) in [6.45, 7) is 5.07. The van der Waals surface area contributed by atoms with Crippen LogP contribution >= 0.6 is 0 Å². The molecule has 2 saturated carbocycles. The fraction of sp³-hybridized carbons (Fsp3) is 1.00. The number of aliphatic hydroxyl groups is 1. The van der Waals surface area contributed by atoms with Crippen LogP contribution in [-0.4, -0.2) is 49.0 Å². The Balaban J connectivity index is 1.49. The smallest absolute Gasteiger partial charge is 0.0624 e. The van der Waals surface area contributed by atoms with Crippen LogP contribution in [0, 0.1) is 17.8 Å². The maximum absolute atomic E-state index is 10.0. The molecule has 1 aliphatic heterocycles. The molecule has 3 heteroatoms. The number of hydrogen-bond acceptors (Lipinski definition) is 3. The van der Waals surface area contributed by atoms with Crippen molar-refractivity contribution in [3.05, 3.63) is 0 Å². The van der Waals surface area contributed by atoms with E-state index < -0.39 is 0 Å². The number of aliphatic hydroxyl groups excluding tert-OH is 1. The number of nitrogens with zero attached hydrogens (tertiary/aromatic N) is 1. The molecule has 1 saturated heterocycles. The molecule has 0 amide bonds. The topological polar surface area (TPSA) is 32.7 Å². The number of ether oxygens (including phenoxy) is 1. The molecule has 3 aliphatic rings. The van der Waals surface area contributed by atoms with Crippen LogP contribution in [0.4, 0.5) is 0 Å². The summed E-state index contributed by atoms with van der Waals surface area (Å²) in [5, 5.41) is 10.0. The Hall–Kier alpha value is -0.120. The van der Waals surface area contributed by atoms with Gasteiger partial charge in [0.15, 0.2) is 0 Å².